The summed E-state index contributed by atoms with van der Waals surface area (Å²) in [5, 5.41) is 1.08. The van der Waals surface area contributed by atoms with E-state index in [1.54, 1.807) is 0 Å². The summed E-state index contributed by atoms with van der Waals surface area (Å²) in [4.78, 5) is 14.5. The smallest absolute Gasteiger partial charge is 0.322 e. The van der Waals surface area contributed by atoms with Crippen molar-refractivity contribution in [1.29, 1.82) is 0 Å². The summed E-state index contributed by atoms with van der Waals surface area (Å²) in [6.45, 7) is 2.03. The second-order valence-electron chi connectivity index (χ2n) is 4.27. The molecule has 0 fully saturated rings. The van der Waals surface area contributed by atoms with Crippen molar-refractivity contribution in [2.45, 2.75) is 19.4 Å². The average molecular weight is 348 g/mol. The zero-order valence-corrected chi connectivity index (χ0v) is 13.1. The SMILES string of the molecule is COC(=O)C(N)Cc1c[nH]c2ccc(C)c(Br)c12.Cl. The van der Waals surface area contributed by atoms with Crippen molar-refractivity contribution in [1.82, 2.24) is 4.98 Å². The van der Waals surface area contributed by atoms with Gasteiger partial charge in [0, 0.05) is 28.0 Å². The number of hydrogen-bond acceptors (Lipinski definition) is 3. The molecule has 0 aliphatic rings. The lowest BCUT2D eigenvalue weighted by atomic mass is 10.0. The van der Waals surface area contributed by atoms with E-state index in [-0.39, 0.29) is 12.4 Å². The molecular formula is C13H16BrClN2O2. The lowest BCUT2D eigenvalue weighted by Gasteiger charge is -2.09. The first-order chi connectivity index (χ1) is 8.54. The van der Waals surface area contributed by atoms with Crippen LogP contribution in [-0.4, -0.2) is 24.1 Å². The lowest BCUT2D eigenvalue weighted by Crippen LogP contribution is -2.33. The molecule has 6 heteroatoms. The normalized spacial score (nSPS) is 12.0. The van der Waals surface area contributed by atoms with Crippen molar-refractivity contribution in [3.63, 3.8) is 0 Å². The minimum absolute atomic E-state index is 0. The number of nitrogens with two attached hydrogens (primary N) is 1. The molecule has 0 amide bonds. The number of carbonyl (C=O) groups excluding carboxylic acids is 1. The van der Waals surface area contributed by atoms with Gasteiger partial charge in [0.05, 0.1) is 7.11 Å². The number of carbonyl (C=O) groups is 1. The first-order valence-corrected chi connectivity index (χ1v) is 6.42. The quantitative estimate of drug-likeness (QED) is 0.839. The molecule has 0 spiro atoms. The second-order valence-corrected chi connectivity index (χ2v) is 5.06. The van der Waals surface area contributed by atoms with Crippen LogP contribution in [0.4, 0.5) is 0 Å². The molecular weight excluding hydrogens is 332 g/mol. The van der Waals surface area contributed by atoms with E-state index < -0.39 is 12.0 Å². The zero-order chi connectivity index (χ0) is 13.3. The number of benzene rings is 1. The van der Waals surface area contributed by atoms with Gasteiger partial charge in [-0.05, 0) is 40.0 Å². The minimum Gasteiger partial charge on any atom is -0.468 e. The number of H-pyrrole nitrogens is 1. The van der Waals surface area contributed by atoms with Crippen LogP contribution in [0.15, 0.2) is 22.8 Å². The fraction of sp³-hybridized carbons (Fsp3) is 0.308. The van der Waals surface area contributed by atoms with Crippen LogP contribution in [0.1, 0.15) is 11.1 Å². The van der Waals surface area contributed by atoms with Crippen LogP contribution in [0.25, 0.3) is 10.9 Å². The largest absolute Gasteiger partial charge is 0.468 e. The fourth-order valence-electron chi connectivity index (χ4n) is 1.98. The molecule has 0 aliphatic carbocycles. The van der Waals surface area contributed by atoms with Crippen LogP contribution in [0.5, 0.6) is 0 Å². The van der Waals surface area contributed by atoms with E-state index in [2.05, 4.69) is 25.7 Å². The summed E-state index contributed by atoms with van der Waals surface area (Å²) in [6.07, 6.45) is 2.34. The summed E-state index contributed by atoms with van der Waals surface area (Å²) in [6, 6.07) is 3.41. The fourth-order valence-corrected chi connectivity index (χ4v) is 2.58. The van der Waals surface area contributed by atoms with Gasteiger partial charge in [-0.15, -0.1) is 12.4 Å². The van der Waals surface area contributed by atoms with Gasteiger partial charge in [-0.3, -0.25) is 4.79 Å². The highest BCUT2D eigenvalue weighted by atomic mass is 79.9. The van der Waals surface area contributed by atoms with E-state index in [1.165, 1.54) is 7.11 Å². The van der Waals surface area contributed by atoms with Gasteiger partial charge in [0.2, 0.25) is 0 Å². The first-order valence-electron chi connectivity index (χ1n) is 5.63. The van der Waals surface area contributed by atoms with E-state index in [9.17, 15) is 4.79 Å². The Morgan fingerprint density at radius 3 is 2.84 bits per heavy atom. The molecule has 2 aromatic rings. The molecule has 1 aromatic carbocycles. The van der Waals surface area contributed by atoms with Crippen molar-refractivity contribution in [2.24, 2.45) is 5.73 Å². The molecule has 4 nitrogen and oxygen atoms in total. The highest BCUT2D eigenvalue weighted by Gasteiger charge is 2.17. The molecule has 3 N–H and O–H groups in total. The molecule has 0 saturated heterocycles. The van der Waals surface area contributed by atoms with E-state index in [0.29, 0.717) is 6.42 Å². The van der Waals surface area contributed by atoms with Crippen molar-refractivity contribution >= 4 is 45.2 Å². The van der Waals surface area contributed by atoms with Crippen LogP contribution in [0, 0.1) is 6.92 Å². The van der Waals surface area contributed by atoms with Crippen LogP contribution < -0.4 is 5.73 Å². The number of methoxy groups -OCH3 is 1. The van der Waals surface area contributed by atoms with Gasteiger partial charge in [-0.1, -0.05) is 6.07 Å². The summed E-state index contributed by atoms with van der Waals surface area (Å²) in [5.74, 6) is -0.395. The van der Waals surface area contributed by atoms with E-state index in [1.807, 2.05) is 25.3 Å². The molecule has 0 radical (unpaired) electrons. The number of aryl methyl sites for hydroxylation is 1. The maximum atomic E-state index is 11.4. The van der Waals surface area contributed by atoms with Gasteiger partial charge in [0.25, 0.3) is 0 Å². The minimum atomic E-state index is -0.638. The molecule has 19 heavy (non-hydrogen) atoms. The predicted molar refractivity (Wildman–Crippen MR) is 81.7 cm³/mol. The monoisotopic (exact) mass is 346 g/mol. The molecule has 104 valence electrons. The zero-order valence-electron chi connectivity index (χ0n) is 10.7. The number of fused-ring (bicyclic) bond motifs is 1. The Kier molecular flexibility index (Phi) is 5.40. The van der Waals surface area contributed by atoms with Gasteiger partial charge in [-0.2, -0.15) is 0 Å². The van der Waals surface area contributed by atoms with Gasteiger partial charge >= 0.3 is 5.97 Å². The van der Waals surface area contributed by atoms with Crippen LogP contribution in [0.2, 0.25) is 0 Å². The van der Waals surface area contributed by atoms with Gasteiger partial charge in [0.1, 0.15) is 6.04 Å². The molecule has 1 aromatic heterocycles. The summed E-state index contributed by atoms with van der Waals surface area (Å²) >= 11 is 3.58. The van der Waals surface area contributed by atoms with Crippen LogP contribution >= 0.6 is 28.3 Å². The molecule has 0 bridgehead atoms. The number of aromatic nitrogens is 1. The number of ether oxygens (including phenoxy) is 1. The summed E-state index contributed by atoms with van der Waals surface area (Å²) < 4.78 is 5.68. The number of halogens is 2. The molecule has 2 rings (SSSR count). The molecule has 1 atom stereocenters. The summed E-state index contributed by atoms with van der Waals surface area (Å²) in [5.41, 5.74) is 8.98. The number of esters is 1. The Balaban J connectivity index is 0.00000180. The van der Waals surface area contributed by atoms with E-state index in [0.717, 1.165) is 26.5 Å². The Morgan fingerprint density at radius 1 is 1.53 bits per heavy atom. The van der Waals surface area contributed by atoms with Crippen LogP contribution in [-0.2, 0) is 16.0 Å². The number of nitrogens with one attached hydrogen (secondary N) is 1. The average Bonchev–Trinajstić information content (AvgIpc) is 2.76. The molecule has 1 unspecified atom stereocenters. The number of aromatic amines is 1. The Bertz CT molecular complexity index is 598. The molecule has 0 aliphatic heterocycles. The van der Waals surface area contributed by atoms with Crippen LogP contribution in [0.3, 0.4) is 0 Å². The summed E-state index contributed by atoms with van der Waals surface area (Å²) in [7, 11) is 1.34. The third-order valence-electron chi connectivity index (χ3n) is 3.00. The third kappa shape index (κ3) is 3.11. The Labute approximate surface area is 126 Å². The topological polar surface area (TPSA) is 68.1 Å². The molecule has 0 saturated carbocycles. The maximum absolute atomic E-state index is 11.4. The van der Waals surface area contributed by atoms with Gasteiger partial charge in [0.15, 0.2) is 0 Å². The van der Waals surface area contributed by atoms with Crippen molar-refractivity contribution < 1.29 is 9.53 Å². The lowest BCUT2D eigenvalue weighted by molar-refractivity contribution is -0.142. The highest BCUT2D eigenvalue weighted by Crippen LogP contribution is 2.30. The van der Waals surface area contributed by atoms with E-state index >= 15 is 0 Å². The molecule has 1 heterocycles. The van der Waals surface area contributed by atoms with Gasteiger partial charge < -0.3 is 15.5 Å². The van der Waals surface area contributed by atoms with Crippen molar-refractivity contribution in [3.05, 3.63) is 33.9 Å². The Morgan fingerprint density at radius 2 is 2.21 bits per heavy atom. The third-order valence-corrected chi connectivity index (χ3v) is 4.02. The number of rotatable bonds is 3. The Hall–Kier alpha value is -1.04. The first kappa shape index (κ1) is 16.0. The van der Waals surface area contributed by atoms with Crippen molar-refractivity contribution in [3.8, 4) is 0 Å². The predicted octanol–water partition coefficient (Wildman–Crippen LogP) is 2.70. The maximum Gasteiger partial charge on any atom is 0.322 e. The highest BCUT2D eigenvalue weighted by molar-refractivity contribution is 9.10. The second kappa shape index (κ2) is 6.41. The van der Waals surface area contributed by atoms with Crippen molar-refractivity contribution in [2.75, 3.05) is 7.11 Å². The number of hydrogen-bond donors (Lipinski definition) is 2. The van der Waals surface area contributed by atoms with E-state index in [4.69, 9.17) is 5.73 Å². The standard InChI is InChI=1S/C13H15BrN2O2.ClH/c1-7-3-4-10-11(12(7)14)8(6-16-10)5-9(15)13(17)18-2;/h3-4,6,9,16H,5,15H2,1-2H3;1H. The van der Waals surface area contributed by atoms with Gasteiger partial charge in [-0.25, -0.2) is 0 Å².